The molecule has 1 aromatic carbocycles. The molecule has 0 N–H and O–H groups in total. The molecule has 0 saturated carbocycles. The highest BCUT2D eigenvalue weighted by atomic mass is 16.6. The third-order valence-corrected chi connectivity index (χ3v) is 1.81. The maximum atomic E-state index is 11.0. The molecule has 0 spiro atoms. The molecule has 16 heavy (non-hydrogen) atoms. The summed E-state index contributed by atoms with van der Waals surface area (Å²) in [6.45, 7) is 0. The zero-order valence-electron chi connectivity index (χ0n) is 10.1. The van der Waals surface area contributed by atoms with Crippen molar-refractivity contribution in [1.82, 2.24) is 0 Å². The number of oxime groups is 1. The number of esters is 1. The van der Waals surface area contributed by atoms with E-state index < -0.39 is 5.97 Å². The number of rotatable bonds is 4. The van der Waals surface area contributed by atoms with Gasteiger partial charge in [0.25, 0.3) is 0 Å². The topological polar surface area (TPSA) is 47.9 Å². The zero-order chi connectivity index (χ0) is 12.7. The third kappa shape index (κ3) is 3.57. The largest absolute Gasteiger partial charge is 0.466 e. The molecule has 4 nitrogen and oxygen atoms in total. The normalized spacial score (nSPS) is 11.8. The Morgan fingerprint density at radius 1 is 1.44 bits per heavy atom. The van der Waals surface area contributed by atoms with Crippen LogP contribution in [0.5, 0.6) is 0 Å². The molecule has 0 unspecified atom stereocenters. The minimum absolute atomic E-state index is 0.304. The van der Waals surface area contributed by atoms with Gasteiger partial charge in [0.1, 0.15) is 7.11 Å². The first-order valence-corrected chi connectivity index (χ1v) is 4.61. The minimum Gasteiger partial charge on any atom is -0.466 e. The summed E-state index contributed by atoms with van der Waals surface area (Å²) < 4.78 is 12.2. The fourth-order valence-electron chi connectivity index (χ4n) is 1.05. The van der Waals surface area contributed by atoms with Gasteiger partial charge in [0.15, 0.2) is 0 Å². The van der Waals surface area contributed by atoms with E-state index in [0.29, 0.717) is 17.2 Å². The number of benzene rings is 1. The zero-order valence-corrected chi connectivity index (χ0v) is 9.14. The van der Waals surface area contributed by atoms with Crippen molar-refractivity contribution in [3.05, 3.63) is 41.4 Å². The van der Waals surface area contributed by atoms with Crippen LogP contribution >= 0.6 is 0 Å². The van der Waals surface area contributed by atoms with Crippen LogP contribution in [0.1, 0.15) is 12.5 Å². The van der Waals surface area contributed by atoms with Crippen molar-refractivity contribution >= 4 is 18.3 Å². The first kappa shape index (κ1) is 10.4. The van der Waals surface area contributed by atoms with Crippen LogP contribution in [0, 0.1) is 0 Å². The van der Waals surface area contributed by atoms with Gasteiger partial charge in [0.2, 0.25) is 0 Å². The second kappa shape index (κ2) is 6.40. The van der Waals surface area contributed by atoms with Gasteiger partial charge in [-0.05, 0) is 11.6 Å². The summed E-state index contributed by atoms with van der Waals surface area (Å²) in [5.41, 5.74) is 1.28. The molecule has 4 heteroatoms. The van der Waals surface area contributed by atoms with Gasteiger partial charge >= 0.3 is 5.97 Å². The van der Waals surface area contributed by atoms with Crippen molar-refractivity contribution in [2.45, 2.75) is 0 Å². The Balaban J connectivity index is 3.06. The molecule has 0 fully saturated rings. The molecule has 0 aromatic heterocycles. The smallest absolute Gasteiger partial charge is 0.330 e. The van der Waals surface area contributed by atoms with Crippen molar-refractivity contribution < 1.29 is 15.7 Å². The lowest BCUT2D eigenvalue weighted by Crippen LogP contribution is -1.94. The summed E-state index contributed by atoms with van der Waals surface area (Å²) in [6.07, 6.45) is 4.29. The van der Waals surface area contributed by atoms with Crippen LogP contribution in [0.25, 0.3) is 6.08 Å². The molecule has 0 radical (unpaired) electrons. The van der Waals surface area contributed by atoms with E-state index in [1.807, 2.05) is 0 Å². The van der Waals surface area contributed by atoms with Crippen LogP contribution in [-0.4, -0.2) is 26.4 Å². The molecule has 0 aliphatic rings. The number of methoxy groups -OCH3 is 1. The molecule has 0 amide bonds. The Labute approximate surface area is 95.6 Å². The van der Waals surface area contributed by atoms with Gasteiger partial charge in [-0.1, -0.05) is 29.4 Å². The van der Waals surface area contributed by atoms with Gasteiger partial charge in [-0.2, -0.15) is 0 Å². The second-order valence-electron chi connectivity index (χ2n) is 2.81. The Kier molecular flexibility index (Phi) is 4.16. The number of hydrogen-bond acceptors (Lipinski definition) is 4. The molecule has 0 aliphatic heterocycles. The van der Waals surface area contributed by atoms with Gasteiger partial charge in [0.05, 0.1) is 14.7 Å². The standard InChI is InChI=1S/C12H13NO3/c1-15-12(14)8-7-10-5-3-4-6-11(10)9-13-16-2/h3-9H,1-2H3/b8-7+,13-9+/i6D. The summed E-state index contributed by atoms with van der Waals surface area (Å²) in [7, 11) is 2.73. The van der Waals surface area contributed by atoms with E-state index in [1.165, 1.54) is 26.5 Å². The molecule has 0 aliphatic carbocycles. The molecule has 0 saturated heterocycles. The van der Waals surface area contributed by atoms with E-state index >= 15 is 0 Å². The van der Waals surface area contributed by atoms with Crippen molar-refractivity contribution in [3.63, 3.8) is 0 Å². The van der Waals surface area contributed by atoms with E-state index in [-0.39, 0.29) is 0 Å². The fraction of sp³-hybridized carbons (Fsp3) is 0.167. The Morgan fingerprint density at radius 3 is 2.94 bits per heavy atom. The molecule has 1 aromatic rings. The number of ether oxygens (including phenoxy) is 1. The molecule has 1 rings (SSSR count). The SMILES string of the molecule is [2H]c1cccc(/C=C/C(=O)OC)c1/C=N/OC. The van der Waals surface area contributed by atoms with Gasteiger partial charge in [-0.15, -0.1) is 0 Å². The highest BCUT2D eigenvalue weighted by Gasteiger charge is 1.97. The second-order valence-corrected chi connectivity index (χ2v) is 2.81. The quantitative estimate of drug-likeness (QED) is 0.337. The summed E-state index contributed by atoms with van der Waals surface area (Å²) in [5.74, 6) is -0.449. The van der Waals surface area contributed by atoms with Crippen molar-refractivity contribution in [1.29, 1.82) is 0 Å². The number of nitrogens with zero attached hydrogens (tertiary/aromatic N) is 1. The average molecular weight is 220 g/mol. The van der Waals surface area contributed by atoms with Crippen LogP contribution in [0.3, 0.4) is 0 Å². The predicted molar refractivity (Wildman–Crippen MR) is 62.1 cm³/mol. The van der Waals surface area contributed by atoms with Crippen LogP contribution < -0.4 is 0 Å². The maximum Gasteiger partial charge on any atom is 0.330 e. The Hall–Kier alpha value is -2.10. The van der Waals surface area contributed by atoms with E-state index in [1.54, 1.807) is 24.3 Å². The lowest BCUT2D eigenvalue weighted by molar-refractivity contribution is -0.134. The van der Waals surface area contributed by atoms with E-state index in [2.05, 4.69) is 14.7 Å². The molecular weight excluding hydrogens is 206 g/mol. The summed E-state index contributed by atoms with van der Waals surface area (Å²) in [5, 5.41) is 3.62. The lowest BCUT2D eigenvalue weighted by atomic mass is 10.1. The average Bonchev–Trinajstić information content (AvgIpc) is 2.34. The van der Waals surface area contributed by atoms with Crippen LogP contribution in [0.15, 0.2) is 35.5 Å². The summed E-state index contributed by atoms with van der Waals surface area (Å²) >= 11 is 0. The van der Waals surface area contributed by atoms with Crippen molar-refractivity contribution in [2.75, 3.05) is 14.2 Å². The molecular formula is C12H13NO3. The first-order chi connectivity index (χ1) is 8.19. The molecule has 0 bridgehead atoms. The predicted octanol–water partition coefficient (Wildman–Crippen LogP) is 1.85. The molecule has 0 heterocycles. The monoisotopic (exact) mass is 220 g/mol. The maximum absolute atomic E-state index is 11.0. The van der Waals surface area contributed by atoms with Gasteiger partial charge in [0, 0.05) is 11.6 Å². The number of carbonyl (C=O) groups is 1. The number of carbonyl (C=O) groups excluding carboxylic acids is 1. The summed E-state index contributed by atoms with van der Waals surface area (Å²) in [4.78, 5) is 15.6. The summed E-state index contributed by atoms with van der Waals surface area (Å²) in [6, 6.07) is 5.43. The van der Waals surface area contributed by atoms with Crippen LogP contribution in [0.2, 0.25) is 0 Å². The molecule has 84 valence electrons. The lowest BCUT2D eigenvalue weighted by Gasteiger charge is -1.98. The minimum atomic E-state index is -0.449. The fourth-order valence-corrected chi connectivity index (χ4v) is 1.05. The van der Waals surface area contributed by atoms with Crippen LogP contribution in [-0.2, 0) is 14.4 Å². The highest BCUT2D eigenvalue weighted by Crippen LogP contribution is 2.08. The van der Waals surface area contributed by atoms with E-state index in [0.717, 1.165) is 0 Å². The molecule has 0 atom stereocenters. The Morgan fingerprint density at radius 2 is 2.25 bits per heavy atom. The van der Waals surface area contributed by atoms with Gasteiger partial charge in [-0.25, -0.2) is 4.79 Å². The van der Waals surface area contributed by atoms with Crippen LogP contribution in [0.4, 0.5) is 0 Å². The van der Waals surface area contributed by atoms with E-state index in [4.69, 9.17) is 1.37 Å². The third-order valence-electron chi connectivity index (χ3n) is 1.81. The van der Waals surface area contributed by atoms with Gasteiger partial charge < -0.3 is 9.57 Å². The van der Waals surface area contributed by atoms with Gasteiger partial charge in [-0.3, -0.25) is 0 Å². The number of hydrogen-bond donors (Lipinski definition) is 0. The highest BCUT2D eigenvalue weighted by molar-refractivity contribution is 5.91. The first-order valence-electron chi connectivity index (χ1n) is 5.11. The van der Waals surface area contributed by atoms with Crippen molar-refractivity contribution in [2.24, 2.45) is 5.16 Å². The van der Waals surface area contributed by atoms with Crippen molar-refractivity contribution in [3.8, 4) is 0 Å². The van der Waals surface area contributed by atoms with E-state index in [9.17, 15) is 4.79 Å². The Bertz CT molecular complexity index is 455.